The predicted molar refractivity (Wildman–Crippen MR) is 96.1 cm³/mol. The summed E-state index contributed by atoms with van der Waals surface area (Å²) in [6, 6.07) is 7.73. The van der Waals surface area contributed by atoms with Gasteiger partial charge in [-0.2, -0.15) is 0 Å². The van der Waals surface area contributed by atoms with Gasteiger partial charge in [0.05, 0.1) is 6.54 Å². The van der Waals surface area contributed by atoms with Gasteiger partial charge < -0.3 is 9.80 Å². The Bertz CT molecular complexity index is 552. The molecule has 0 saturated carbocycles. The van der Waals surface area contributed by atoms with Gasteiger partial charge in [0.15, 0.2) is 0 Å². The average molecular weight is 331 g/mol. The number of carbonyl (C=O) groups excluding carboxylic acids is 2. The molecule has 1 heterocycles. The summed E-state index contributed by atoms with van der Waals surface area (Å²) in [4.78, 5) is 30.8. The molecule has 0 N–H and O–H groups in total. The lowest BCUT2D eigenvalue weighted by molar-refractivity contribution is -0.132. The van der Waals surface area contributed by atoms with Crippen LogP contribution in [0.4, 0.5) is 0 Å². The first-order valence-corrected chi connectivity index (χ1v) is 8.91. The van der Waals surface area contributed by atoms with Crippen molar-refractivity contribution in [2.45, 2.75) is 27.2 Å². The molecule has 2 amide bonds. The highest BCUT2D eigenvalue weighted by molar-refractivity contribution is 5.94. The second kappa shape index (κ2) is 8.83. The molecule has 0 radical (unpaired) electrons. The minimum Gasteiger partial charge on any atom is -0.342 e. The zero-order chi connectivity index (χ0) is 17.5. The van der Waals surface area contributed by atoms with E-state index >= 15 is 0 Å². The van der Waals surface area contributed by atoms with Crippen LogP contribution < -0.4 is 0 Å². The minimum absolute atomic E-state index is 0.0897. The number of likely N-dealkylation sites (N-methyl/N-ethyl adjacent to an activating group) is 1. The zero-order valence-electron chi connectivity index (χ0n) is 15.1. The Morgan fingerprint density at radius 3 is 2.29 bits per heavy atom. The topological polar surface area (TPSA) is 43.9 Å². The molecule has 1 saturated heterocycles. The van der Waals surface area contributed by atoms with Crippen LogP contribution in [-0.2, 0) is 4.79 Å². The summed E-state index contributed by atoms with van der Waals surface area (Å²) in [6.45, 7) is 11.0. The number of hydrogen-bond donors (Lipinski definition) is 0. The Hall–Kier alpha value is -1.88. The number of hydrogen-bond acceptors (Lipinski definition) is 3. The van der Waals surface area contributed by atoms with Crippen LogP contribution in [0.3, 0.4) is 0 Å². The number of aryl methyl sites for hydroxylation is 1. The standard InChI is InChI=1S/C19H29N3O2/c1-4-21(5-2)18(23)15-20-11-6-12-22(14-13-20)19(24)17-9-7-16(3)8-10-17/h7-10H,4-6,11-15H2,1-3H3. The van der Waals surface area contributed by atoms with Crippen LogP contribution in [0.1, 0.15) is 36.2 Å². The second-order valence-electron chi connectivity index (χ2n) is 6.35. The Morgan fingerprint density at radius 2 is 1.67 bits per heavy atom. The maximum Gasteiger partial charge on any atom is 0.253 e. The van der Waals surface area contributed by atoms with Crippen molar-refractivity contribution in [1.82, 2.24) is 14.7 Å². The fourth-order valence-electron chi connectivity index (χ4n) is 3.08. The van der Waals surface area contributed by atoms with Gasteiger partial charge in [-0.15, -0.1) is 0 Å². The third kappa shape index (κ3) is 4.81. The van der Waals surface area contributed by atoms with E-state index in [9.17, 15) is 9.59 Å². The number of rotatable bonds is 5. The number of benzene rings is 1. The van der Waals surface area contributed by atoms with Crippen LogP contribution in [0.2, 0.25) is 0 Å². The van der Waals surface area contributed by atoms with E-state index in [2.05, 4.69) is 4.90 Å². The largest absolute Gasteiger partial charge is 0.342 e. The molecule has 24 heavy (non-hydrogen) atoms. The minimum atomic E-state index is 0.0897. The van der Waals surface area contributed by atoms with Crippen molar-refractivity contribution < 1.29 is 9.59 Å². The SMILES string of the molecule is CCN(CC)C(=O)CN1CCCN(C(=O)c2ccc(C)cc2)CC1. The van der Waals surface area contributed by atoms with Crippen LogP contribution in [0.25, 0.3) is 0 Å². The van der Waals surface area contributed by atoms with Crippen LogP contribution >= 0.6 is 0 Å². The van der Waals surface area contributed by atoms with Gasteiger partial charge >= 0.3 is 0 Å². The molecule has 0 bridgehead atoms. The van der Waals surface area contributed by atoms with Crippen LogP contribution in [-0.4, -0.2) is 72.3 Å². The second-order valence-corrected chi connectivity index (χ2v) is 6.35. The molecule has 0 unspecified atom stereocenters. The van der Waals surface area contributed by atoms with Crippen LogP contribution in [0, 0.1) is 6.92 Å². The molecular formula is C19H29N3O2. The molecule has 1 fully saturated rings. The molecule has 0 aromatic heterocycles. The molecule has 1 aromatic rings. The first kappa shape index (κ1) is 18.5. The lowest BCUT2D eigenvalue weighted by Crippen LogP contribution is -2.42. The third-order valence-electron chi connectivity index (χ3n) is 4.65. The Kier molecular flexibility index (Phi) is 6.79. The van der Waals surface area contributed by atoms with Crippen molar-refractivity contribution in [1.29, 1.82) is 0 Å². The van der Waals surface area contributed by atoms with Crippen molar-refractivity contribution in [3.05, 3.63) is 35.4 Å². The Morgan fingerprint density at radius 1 is 1.00 bits per heavy atom. The molecule has 0 aliphatic carbocycles. The van der Waals surface area contributed by atoms with Crippen molar-refractivity contribution in [3.8, 4) is 0 Å². The van der Waals surface area contributed by atoms with Gasteiger partial charge in [-0.1, -0.05) is 17.7 Å². The van der Waals surface area contributed by atoms with Crippen LogP contribution in [0.5, 0.6) is 0 Å². The summed E-state index contributed by atoms with van der Waals surface area (Å²) in [5.74, 6) is 0.269. The van der Waals surface area contributed by atoms with Gasteiger partial charge in [-0.3, -0.25) is 14.5 Å². The van der Waals surface area contributed by atoms with Crippen molar-refractivity contribution in [2.24, 2.45) is 0 Å². The highest BCUT2D eigenvalue weighted by Crippen LogP contribution is 2.11. The quantitative estimate of drug-likeness (QED) is 0.829. The van der Waals surface area contributed by atoms with E-state index in [-0.39, 0.29) is 11.8 Å². The van der Waals surface area contributed by atoms with Crippen molar-refractivity contribution in [2.75, 3.05) is 45.8 Å². The smallest absolute Gasteiger partial charge is 0.253 e. The van der Waals surface area contributed by atoms with Gasteiger partial charge in [0.2, 0.25) is 5.91 Å². The summed E-state index contributed by atoms with van der Waals surface area (Å²) in [6.07, 6.45) is 0.906. The van der Waals surface area contributed by atoms with E-state index in [1.165, 1.54) is 0 Å². The van der Waals surface area contributed by atoms with E-state index < -0.39 is 0 Å². The maximum absolute atomic E-state index is 12.6. The fraction of sp³-hybridized carbons (Fsp3) is 0.579. The molecule has 132 valence electrons. The normalized spacial score (nSPS) is 15.9. The average Bonchev–Trinajstić information content (AvgIpc) is 2.81. The zero-order valence-corrected chi connectivity index (χ0v) is 15.1. The van der Waals surface area contributed by atoms with Crippen molar-refractivity contribution >= 4 is 11.8 Å². The molecule has 5 nitrogen and oxygen atoms in total. The van der Waals surface area contributed by atoms with Gasteiger partial charge in [0.1, 0.15) is 0 Å². The molecule has 0 spiro atoms. The first-order chi connectivity index (χ1) is 11.5. The first-order valence-electron chi connectivity index (χ1n) is 8.91. The number of nitrogens with zero attached hydrogens (tertiary/aromatic N) is 3. The van der Waals surface area contributed by atoms with Crippen LogP contribution in [0.15, 0.2) is 24.3 Å². The van der Waals surface area contributed by atoms with E-state index in [1.807, 2.05) is 54.8 Å². The molecule has 1 aliphatic heterocycles. The molecule has 5 heteroatoms. The third-order valence-corrected chi connectivity index (χ3v) is 4.65. The highest BCUT2D eigenvalue weighted by atomic mass is 16.2. The van der Waals surface area contributed by atoms with Gasteiger partial charge in [-0.25, -0.2) is 0 Å². The van der Waals surface area contributed by atoms with Gasteiger partial charge in [0, 0.05) is 44.8 Å². The highest BCUT2D eigenvalue weighted by Gasteiger charge is 2.22. The van der Waals surface area contributed by atoms with E-state index in [4.69, 9.17) is 0 Å². The lowest BCUT2D eigenvalue weighted by Gasteiger charge is -2.25. The summed E-state index contributed by atoms with van der Waals surface area (Å²) < 4.78 is 0. The fourth-order valence-corrected chi connectivity index (χ4v) is 3.08. The molecular weight excluding hydrogens is 302 g/mol. The Balaban J connectivity index is 1.91. The summed E-state index contributed by atoms with van der Waals surface area (Å²) in [5.41, 5.74) is 1.90. The summed E-state index contributed by atoms with van der Waals surface area (Å²) in [7, 11) is 0. The maximum atomic E-state index is 12.6. The van der Waals surface area contributed by atoms with E-state index in [0.717, 1.165) is 50.3 Å². The van der Waals surface area contributed by atoms with E-state index in [1.54, 1.807) is 0 Å². The molecule has 1 aromatic carbocycles. The molecule has 0 atom stereocenters. The number of carbonyl (C=O) groups is 2. The molecule has 1 aliphatic rings. The summed E-state index contributed by atoms with van der Waals surface area (Å²) in [5, 5.41) is 0. The lowest BCUT2D eigenvalue weighted by atomic mass is 10.1. The number of amides is 2. The Labute approximate surface area is 145 Å². The van der Waals surface area contributed by atoms with Gasteiger partial charge in [0.25, 0.3) is 5.91 Å². The van der Waals surface area contributed by atoms with Crippen molar-refractivity contribution in [3.63, 3.8) is 0 Å². The monoisotopic (exact) mass is 331 g/mol. The predicted octanol–water partition coefficient (Wildman–Crippen LogP) is 2.01. The van der Waals surface area contributed by atoms with Gasteiger partial charge in [-0.05, 0) is 39.3 Å². The van der Waals surface area contributed by atoms with E-state index in [0.29, 0.717) is 13.1 Å². The summed E-state index contributed by atoms with van der Waals surface area (Å²) >= 11 is 0. The molecule has 2 rings (SSSR count).